The number of hydrogen-bond acceptors (Lipinski definition) is 7. The Morgan fingerprint density at radius 1 is 1.18 bits per heavy atom. The van der Waals surface area contributed by atoms with Crippen molar-refractivity contribution >= 4 is 6.09 Å². The average Bonchev–Trinajstić information content (AvgIpc) is 2.75. The molecule has 0 aromatic carbocycles. The van der Waals surface area contributed by atoms with E-state index in [9.17, 15) is 9.90 Å². The Balaban J connectivity index is 2.12. The minimum Gasteiger partial charge on any atom is -0.418 e. The molecule has 0 aliphatic carbocycles. The standard InChI is InChI=1S/C26H47NO7/c1-18(2)27(19(3)4)25(29)32-17-13-21(12-16-31-23-10-8-9-15-30-23)24-20(5)22(11-14-28)33-26(6,7)34-24/h13,17-24,28H,8-12,14-16H2,1-7H3/b17-13-/t20-,21+,22+,23?,24-/m1/s1. The van der Waals surface area contributed by atoms with Gasteiger partial charge in [0.15, 0.2) is 12.1 Å². The number of rotatable bonds is 11. The van der Waals surface area contributed by atoms with Crippen molar-refractivity contribution in [2.75, 3.05) is 19.8 Å². The molecule has 0 aromatic heterocycles. The summed E-state index contributed by atoms with van der Waals surface area (Å²) in [6, 6.07) is 0.0824. The van der Waals surface area contributed by atoms with Gasteiger partial charge in [0, 0.05) is 37.1 Å². The van der Waals surface area contributed by atoms with Crippen LogP contribution in [-0.2, 0) is 23.7 Å². The highest BCUT2D eigenvalue weighted by Gasteiger charge is 2.43. The molecule has 2 aliphatic rings. The van der Waals surface area contributed by atoms with Crippen LogP contribution in [0.3, 0.4) is 0 Å². The van der Waals surface area contributed by atoms with Crippen LogP contribution in [-0.4, -0.2) is 72.3 Å². The Morgan fingerprint density at radius 3 is 2.47 bits per heavy atom. The lowest BCUT2D eigenvalue weighted by Crippen LogP contribution is -2.52. The lowest BCUT2D eigenvalue weighted by Gasteiger charge is -2.47. The van der Waals surface area contributed by atoms with Crippen LogP contribution in [0.5, 0.6) is 0 Å². The number of ether oxygens (including phenoxy) is 5. The summed E-state index contributed by atoms with van der Waals surface area (Å²) >= 11 is 0. The average molecular weight is 486 g/mol. The third kappa shape index (κ3) is 8.79. The third-order valence-electron chi connectivity index (χ3n) is 6.51. The van der Waals surface area contributed by atoms with E-state index in [1.165, 1.54) is 6.26 Å². The number of amides is 1. The molecule has 2 saturated heterocycles. The van der Waals surface area contributed by atoms with Gasteiger partial charge >= 0.3 is 6.09 Å². The molecule has 8 nitrogen and oxygen atoms in total. The lowest BCUT2D eigenvalue weighted by atomic mass is 9.84. The number of hydrogen-bond donors (Lipinski definition) is 1. The fraction of sp³-hybridized carbons (Fsp3) is 0.885. The first kappa shape index (κ1) is 29.0. The SMILES string of the molecule is CC(C)N(C(=O)O/C=C\[C@H](CCOC1CCCCO1)[C@@H]1OC(C)(C)O[C@@H](CCO)[C@H]1C)C(C)C. The van der Waals surface area contributed by atoms with E-state index in [0.717, 1.165) is 25.9 Å². The van der Waals surface area contributed by atoms with Crippen LogP contribution in [0.4, 0.5) is 4.79 Å². The summed E-state index contributed by atoms with van der Waals surface area (Å²) in [5, 5.41) is 9.53. The highest BCUT2D eigenvalue weighted by atomic mass is 16.7. The number of carbonyl (C=O) groups is 1. The summed E-state index contributed by atoms with van der Waals surface area (Å²) in [5.74, 6) is -0.805. The smallest absolute Gasteiger partial charge is 0.415 e. The Morgan fingerprint density at radius 2 is 1.88 bits per heavy atom. The van der Waals surface area contributed by atoms with Gasteiger partial charge in [-0.3, -0.25) is 0 Å². The van der Waals surface area contributed by atoms with Gasteiger partial charge in [0.1, 0.15) is 0 Å². The van der Waals surface area contributed by atoms with Gasteiger partial charge < -0.3 is 33.7 Å². The number of carbonyl (C=O) groups excluding carboxylic acids is 1. The largest absolute Gasteiger partial charge is 0.418 e. The predicted molar refractivity (Wildman–Crippen MR) is 130 cm³/mol. The lowest BCUT2D eigenvalue weighted by molar-refractivity contribution is -0.327. The van der Waals surface area contributed by atoms with Crippen LogP contribution < -0.4 is 0 Å². The monoisotopic (exact) mass is 485 g/mol. The van der Waals surface area contributed by atoms with Crippen molar-refractivity contribution in [2.24, 2.45) is 11.8 Å². The van der Waals surface area contributed by atoms with Crippen LogP contribution in [0.25, 0.3) is 0 Å². The summed E-state index contributed by atoms with van der Waals surface area (Å²) in [6.07, 6.45) is 6.88. The van der Waals surface area contributed by atoms with E-state index in [2.05, 4.69) is 6.92 Å². The van der Waals surface area contributed by atoms with E-state index in [-0.39, 0.29) is 55.1 Å². The summed E-state index contributed by atoms with van der Waals surface area (Å²) in [6.45, 7) is 15.1. The molecule has 2 heterocycles. The van der Waals surface area contributed by atoms with Gasteiger partial charge in [-0.15, -0.1) is 0 Å². The highest BCUT2D eigenvalue weighted by molar-refractivity contribution is 5.68. The second kappa shape index (κ2) is 13.8. The van der Waals surface area contributed by atoms with E-state index in [1.807, 2.05) is 47.6 Å². The molecule has 2 fully saturated rings. The van der Waals surface area contributed by atoms with Crippen molar-refractivity contribution in [3.63, 3.8) is 0 Å². The molecule has 1 unspecified atom stereocenters. The molecule has 0 bridgehead atoms. The first-order chi connectivity index (χ1) is 16.1. The van der Waals surface area contributed by atoms with E-state index < -0.39 is 5.79 Å². The van der Waals surface area contributed by atoms with Gasteiger partial charge in [-0.2, -0.15) is 0 Å². The highest BCUT2D eigenvalue weighted by Crippen LogP contribution is 2.37. The van der Waals surface area contributed by atoms with Crippen molar-refractivity contribution in [2.45, 2.75) is 117 Å². The maximum absolute atomic E-state index is 12.6. The zero-order valence-electron chi connectivity index (χ0n) is 22.2. The zero-order chi connectivity index (χ0) is 25.3. The molecule has 2 rings (SSSR count). The quantitative estimate of drug-likeness (QED) is 0.419. The first-order valence-electron chi connectivity index (χ1n) is 12.9. The van der Waals surface area contributed by atoms with Gasteiger partial charge in [0.05, 0.1) is 25.1 Å². The van der Waals surface area contributed by atoms with Crippen LogP contribution in [0.15, 0.2) is 12.3 Å². The van der Waals surface area contributed by atoms with Gasteiger partial charge in [-0.05, 0) is 79.7 Å². The van der Waals surface area contributed by atoms with Crippen LogP contribution in [0.2, 0.25) is 0 Å². The molecule has 8 heteroatoms. The van der Waals surface area contributed by atoms with Gasteiger partial charge in [-0.25, -0.2) is 4.79 Å². The minimum atomic E-state index is -0.779. The Kier molecular flexibility index (Phi) is 11.8. The Hall–Kier alpha value is -1.19. The minimum absolute atomic E-state index is 0.0410. The topological polar surface area (TPSA) is 86.7 Å². The van der Waals surface area contributed by atoms with E-state index in [0.29, 0.717) is 19.4 Å². The molecule has 2 aliphatic heterocycles. The zero-order valence-corrected chi connectivity index (χ0v) is 22.2. The Bertz CT molecular complexity index is 623. The van der Waals surface area contributed by atoms with Crippen molar-refractivity contribution in [3.8, 4) is 0 Å². The van der Waals surface area contributed by atoms with Crippen LogP contribution in [0, 0.1) is 11.8 Å². The fourth-order valence-electron chi connectivity index (χ4n) is 4.90. The molecule has 34 heavy (non-hydrogen) atoms. The van der Waals surface area contributed by atoms with E-state index in [1.54, 1.807) is 4.90 Å². The maximum Gasteiger partial charge on any atom is 0.415 e. The fourth-order valence-corrected chi connectivity index (χ4v) is 4.90. The molecule has 1 N–H and O–H groups in total. The van der Waals surface area contributed by atoms with Crippen LogP contribution >= 0.6 is 0 Å². The van der Waals surface area contributed by atoms with Gasteiger partial charge in [0.25, 0.3) is 0 Å². The molecule has 5 atom stereocenters. The number of aliphatic hydroxyl groups is 1. The molecule has 1 amide bonds. The first-order valence-corrected chi connectivity index (χ1v) is 12.9. The summed E-state index contributed by atoms with van der Waals surface area (Å²) in [7, 11) is 0. The second-order valence-electron chi connectivity index (χ2n) is 10.4. The maximum atomic E-state index is 12.6. The molecular formula is C26H47NO7. The molecule has 0 radical (unpaired) electrons. The molecule has 198 valence electrons. The second-order valence-corrected chi connectivity index (χ2v) is 10.4. The molecular weight excluding hydrogens is 438 g/mol. The van der Waals surface area contributed by atoms with Crippen molar-refractivity contribution in [1.29, 1.82) is 0 Å². The van der Waals surface area contributed by atoms with Crippen molar-refractivity contribution < 1.29 is 33.6 Å². The van der Waals surface area contributed by atoms with E-state index >= 15 is 0 Å². The number of nitrogens with zero attached hydrogens (tertiary/aromatic N) is 1. The van der Waals surface area contributed by atoms with Crippen molar-refractivity contribution in [3.05, 3.63) is 12.3 Å². The van der Waals surface area contributed by atoms with Gasteiger partial charge in [-0.1, -0.05) is 6.92 Å². The summed E-state index contributed by atoms with van der Waals surface area (Å²) in [4.78, 5) is 14.3. The van der Waals surface area contributed by atoms with E-state index in [4.69, 9.17) is 23.7 Å². The molecule has 0 spiro atoms. The van der Waals surface area contributed by atoms with Crippen molar-refractivity contribution in [1.82, 2.24) is 4.90 Å². The third-order valence-corrected chi connectivity index (χ3v) is 6.51. The molecule has 0 aromatic rings. The van der Waals surface area contributed by atoms with Gasteiger partial charge in [0.2, 0.25) is 0 Å². The normalized spacial score (nSPS) is 28.4. The summed E-state index contributed by atoms with van der Waals surface area (Å²) in [5.41, 5.74) is 0. The Labute approximate surface area is 205 Å². The molecule has 0 saturated carbocycles. The van der Waals surface area contributed by atoms with Crippen LogP contribution in [0.1, 0.15) is 80.6 Å². The number of aliphatic hydroxyl groups excluding tert-OH is 1. The summed E-state index contributed by atoms with van der Waals surface area (Å²) < 4.78 is 29.7. The predicted octanol–water partition coefficient (Wildman–Crippen LogP) is 4.84.